The maximum absolute atomic E-state index is 10.5. The van der Waals surface area contributed by atoms with Crippen molar-refractivity contribution in [2.24, 2.45) is 17.8 Å². The van der Waals surface area contributed by atoms with Crippen LogP contribution in [0.15, 0.2) is 22.7 Å². The fraction of sp³-hybridized carbons (Fsp3) is 0.565. The van der Waals surface area contributed by atoms with E-state index in [0.717, 1.165) is 10.9 Å². The summed E-state index contributed by atoms with van der Waals surface area (Å²) in [5.74, 6) is 7.48. The summed E-state index contributed by atoms with van der Waals surface area (Å²) >= 11 is 5.27. The Morgan fingerprint density at radius 1 is 1.47 bits per heavy atom. The molecule has 1 unspecified atom stereocenters. The summed E-state index contributed by atoms with van der Waals surface area (Å²) in [6, 6.07) is 2.11. The van der Waals surface area contributed by atoms with Crippen LogP contribution in [-0.4, -0.2) is 47.0 Å². The molecule has 0 bridgehead atoms. The van der Waals surface area contributed by atoms with Crippen LogP contribution in [0.1, 0.15) is 48.3 Å². The summed E-state index contributed by atoms with van der Waals surface area (Å²) in [5.41, 5.74) is 0. The van der Waals surface area contributed by atoms with Crippen LogP contribution < -0.4 is 0 Å². The molecule has 4 nitrogen and oxygen atoms in total. The third-order valence-electron chi connectivity index (χ3n) is 5.60. The summed E-state index contributed by atoms with van der Waals surface area (Å²) in [4.78, 5) is 13.0. The molecule has 0 aliphatic heterocycles. The van der Waals surface area contributed by atoms with E-state index in [-0.39, 0.29) is 24.2 Å². The summed E-state index contributed by atoms with van der Waals surface area (Å²) in [6.07, 6.45) is 6.83. The van der Waals surface area contributed by atoms with Gasteiger partial charge in [-0.25, -0.2) is 0 Å². The van der Waals surface area contributed by atoms with Crippen molar-refractivity contribution in [1.29, 1.82) is 0 Å². The molecule has 5 atom stereocenters. The zero-order valence-corrected chi connectivity index (χ0v) is 19.8. The second-order valence-electron chi connectivity index (χ2n) is 7.86. The van der Waals surface area contributed by atoms with E-state index in [0.29, 0.717) is 32.1 Å². The molecule has 0 saturated heterocycles. The van der Waals surface area contributed by atoms with Crippen molar-refractivity contribution in [2.75, 3.05) is 0 Å². The first-order valence-corrected chi connectivity index (χ1v) is 12.0. The van der Waals surface area contributed by atoms with Gasteiger partial charge in [-0.15, -0.1) is 0 Å². The van der Waals surface area contributed by atoms with Crippen LogP contribution in [0.3, 0.4) is 0 Å². The van der Waals surface area contributed by atoms with Gasteiger partial charge in [-0.1, -0.05) is 0 Å². The Morgan fingerprint density at radius 3 is 2.87 bits per heavy atom. The molecule has 1 saturated carbocycles. The van der Waals surface area contributed by atoms with E-state index in [9.17, 15) is 15.0 Å². The van der Waals surface area contributed by atoms with Gasteiger partial charge in [-0.3, -0.25) is 0 Å². The molecule has 30 heavy (non-hydrogen) atoms. The molecule has 1 aromatic rings. The predicted octanol–water partition coefficient (Wildman–Crippen LogP) is 3.63. The summed E-state index contributed by atoms with van der Waals surface area (Å²) < 4.78 is 1.12. The molecule has 1 fully saturated rings. The maximum atomic E-state index is 10.5. The van der Waals surface area contributed by atoms with Crippen LogP contribution in [0, 0.1) is 36.5 Å². The Morgan fingerprint density at radius 2 is 2.23 bits per heavy atom. The second kappa shape index (κ2) is 12.6. The number of thiophene rings is 1. The van der Waals surface area contributed by atoms with Crippen molar-refractivity contribution in [3.05, 3.63) is 32.4 Å². The van der Waals surface area contributed by atoms with Gasteiger partial charge < -0.3 is 0 Å². The van der Waals surface area contributed by atoms with E-state index < -0.39 is 18.2 Å². The number of aliphatic hydroxyl groups is 2. The zero-order valence-electron chi connectivity index (χ0n) is 17.4. The zero-order chi connectivity index (χ0) is 22.1. The normalized spacial score (nSPS) is 24.5. The molecule has 1 aromatic heterocycles. The minimum atomic E-state index is -0.803. The van der Waals surface area contributed by atoms with Crippen LogP contribution >= 0.6 is 27.3 Å². The predicted molar refractivity (Wildman–Crippen MR) is 128 cm³/mol. The monoisotopic (exact) mass is 492 g/mol. The third-order valence-corrected chi connectivity index (χ3v) is 7.80. The number of rotatable bonds is 10. The van der Waals surface area contributed by atoms with Crippen LogP contribution in [0.4, 0.5) is 0 Å². The van der Waals surface area contributed by atoms with Crippen LogP contribution in [-0.2, 0) is 11.2 Å². The van der Waals surface area contributed by atoms with Crippen molar-refractivity contribution < 1.29 is 20.1 Å². The first kappa shape index (κ1) is 25.1. The molecule has 2 rings (SSSR count). The van der Waals surface area contributed by atoms with Gasteiger partial charge in [0.2, 0.25) is 0 Å². The molecule has 1 aliphatic carbocycles. The van der Waals surface area contributed by atoms with E-state index in [1.807, 2.05) is 18.1 Å². The molecule has 0 radical (unpaired) electrons. The van der Waals surface area contributed by atoms with Crippen LogP contribution in [0.2, 0.25) is 0 Å². The van der Waals surface area contributed by atoms with Crippen molar-refractivity contribution >= 4 is 46.7 Å². The van der Waals surface area contributed by atoms with Gasteiger partial charge in [0, 0.05) is 0 Å². The Balaban J connectivity index is 1.90. The van der Waals surface area contributed by atoms with E-state index in [4.69, 9.17) is 5.11 Å². The van der Waals surface area contributed by atoms with Crippen molar-refractivity contribution in [3.8, 4) is 11.8 Å². The number of carboxylic acid groups (broad SMARTS) is 1. The molecule has 0 amide bonds. The molecule has 1 heterocycles. The van der Waals surface area contributed by atoms with Crippen LogP contribution in [0.25, 0.3) is 0 Å². The molecule has 0 aromatic carbocycles. The fourth-order valence-corrected chi connectivity index (χ4v) is 5.50. The van der Waals surface area contributed by atoms with Gasteiger partial charge in [-0.2, -0.15) is 0 Å². The number of unbranched alkanes of at least 4 members (excludes halogenated alkanes) is 1. The number of aryl methyl sites for hydroxylation is 2. The van der Waals surface area contributed by atoms with Gasteiger partial charge in [0.1, 0.15) is 0 Å². The second-order valence-corrected chi connectivity index (χ2v) is 10.1. The Hall–Kier alpha value is -1.20. The number of carboxylic acids is 1. The van der Waals surface area contributed by atoms with Crippen molar-refractivity contribution in [2.45, 2.75) is 64.1 Å². The molecule has 3 N–H and O–H groups in total. The number of carbonyl (C=O) groups is 1. The first-order valence-electron chi connectivity index (χ1n) is 10.4. The van der Waals surface area contributed by atoms with Gasteiger partial charge in [0.15, 0.2) is 0 Å². The number of hydrogen-bond acceptors (Lipinski definition) is 4. The third kappa shape index (κ3) is 7.81. The van der Waals surface area contributed by atoms with Crippen molar-refractivity contribution in [3.63, 3.8) is 0 Å². The van der Waals surface area contributed by atoms with Crippen molar-refractivity contribution in [1.82, 2.24) is 0 Å². The van der Waals surface area contributed by atoms with E-state index in [1.54, 1.807) is 11.3 Å². The summed E-state index contributed by atoms with van der Waals surface area (Å²) in [5, 5.41) is 29.6. The Bertz CT molecular complexity index is 790. The van der Waals surface area contributed by atoms with Gasteiger partial charge in [-0.05, 0) is 0 Å². The topological polar surface area (TPSA) is 77.8 Å². The molecular weight excluding hydrogens is 463 g/mol. The minimum absolute atomic E-state index is 0.000625. The first-order chi connectivity index (χ1) is 14.3. The number of allylic oxidation sites excluding steroid dienone is 1. The van der Waals surface area contributed by atoms with Gasteiger partial charge >= 0.3 is 193 Å². The molecular formula is C23H30BBrO4S. The average Bonchev–Trinajstić information content (AvgIpc) is 3.19. The quantitative estimate of drug-likeness (QED) is 0.202. The van der Waals surface area contributed by atoms with E-state index in [1.165, 1.54) is 9.75 Å². The summed E-state index contributed by atoms with van der Waals surface area (Å²) in [6.45, 7) is 2.07. The number of aliphatic carboxylic acids is 1. The molecule has 7 heteroatoms. The molecule has 0 spiro atoms. The molecule has 1 aliphatic rings. The van der Waals surface area contributed by atoms with Gasteiger partial charge in [0.25, 0.3) is 0 Å². The standard InChI is InChI=1S/C23H30BBrO4S/c1-15-21(25)13-18(30-15)10-8-17(26)9-11-19-16(14-24)12-22(27)20(19)6-4-2-3-5-7-23(28)29/h9,11,13-14,16-17,19-20,22,24,26-27H,3,5-8,10,12H2,1H3,(H,28,29)/b11-9+/t16-,17-,19-,20+,22?/m0/s1. The molecule has 162 valence electrons. The van der Waals surface area contributed by atoms with E-state index in [2.05, 4.69) is 48.2 Å². The number of halogens is 1. The summed E-state index contributed by atoms with van der Waals surface area (Å²) in [7, 11) is 3.91. The van der Waals surface area contributed by atoms with Crippen LogP contribution in [0.5, 0.6) is 0 Å². The Kier molecular flexibility index (Phi) is 10.5. The average molecular weight is 493 g/mol. The number of hydrogen-bond donors (Lipinski definition) is 3. The fourth-order valence-electron chi connectivity index (χ4n) is 3.89. The van der Waals surface area contributed by atoms with Gasteiger partial charge in [0.05, 0.1) is 0 Å². The SMILES string of the molecule is B=C[C@@H]1CC(O)[C@H](CC#CCCCC(=O)O)[C@H]1/C=C/[C@@H](O)CCc1cc(Br)c(C)s1. The number of aliphatic hydroxyl groups excluding tert-OH is 2. The Labute approximate surface area is 192 Å². The van der Waals surface area contributed by atoms with E-state index >= 15 is 0 Å².